The molecule has 2 aromatic carbocycles. The number of hydrogen-bond acceptors (Lipinski definition) is 4. The lowest BCUT2D eigenvalue weighted by Gasteiger charge is -2.28. The second-order valence-corrected chi connectivity index (χ2v) is 18.1. The zero-order valence-electron chi connectivity index (χ0n) is 19.9. The fourth-order valence-corrected chi connectivity index (χ4v) is 5.84. The third-order valence-corrected chi connectivity index (χ3v) is 8.84. The van der Waals surface area contributed by atoms with Crippen molar-refractivity contribution in [3.8, 4) is 5.75 Å². The van der Waals surface area contributed by atoms with Gasteiger partial charge in [-0.1, -0.05) is 24.3 Å². The SMILES string of the molecule is COc1ccc2cc([C@H](C)C(=O)N(CCC[Si](C)(C)O)CCC[Si](C)(C)O)ccc2c1. The highest BCUT2D eigenvalue weighted by atomic mass is 28.4. The molecule has 5 nitrogen and oxygen atoms in total. The fourth-order valence-electron chi connectivity index (χ4n) is 3.79. The van der Waals surface area contributed by atoms with Gasteiger partial charge in [0, 0.05) is 13.1 Å². The van der Waals surface area contributed by atoms with E-state index in [1.807, 2.05) is 68.3 Å². The monoisotopic (exact) mass is 461 g/mol. The normalized spacial score (nSPS) is 13.3. The molecule has 2 rings (SSSR count). The lowest BCUT2D eigenvalue weighted by atomic mass is 9.96. The Balaban J connectivity index is 2.15. The van der Waals surface area contributed by atoms with E-state index in [-0.39, 0.29) is 11.8 Å². The van der Waals surface area contributed by atoms with E-state index < -0.39 is 16.6 Å². The summed E-state index contributed by atoms with van der Waals surface area (Å²) in [5, 5.41) is 2.18. The molecule has 0 aromatic heterocycles. The van der Waals surface area contributed by atoms with Crippen LogP contribution in [0.25, 0.3) is 10.8 Å². The minimum absolute atomic E-state index is 0.114. The molecular weight excluding hydrogens is 422 g/mol. The van der Waals surface area contributed by atoms with Crippen molar-refractivity contribution in [2.24, 2.45) is 0 Å². The van der Waals surface area contributed by atoms with E-state index >= 15 is 0 Å². The van der Waals surface area contributed by atoms with Crippen molar-refractivity contribution < 1.29 is 19.1 Å². The van der Waals surface area contributed by atoms with Gasteiger partial charge in [-0.25, -0.2) is 0 Å². The van der Waals surface area contributed by atoms with Crippen molar-refractivity contribution in [3.05, 3.63) is 42.0 Å². The van der Waals surface area contributed by atoms with Crippen molar-refractivity contribution in [1.29, 1.82) is 0 Å². The number of fused-ring (bicyclic) bond motifs is 1. The van der Waals surface area contributed by atoms with Crippen LogP contribution in [0, 0.1) is 0 Å². The summed E-state index contributed by atoms with van der Waals surface area (Å²) in [5.41, 5.74) is 1.00. The summed E-state index contributed by atoms with van der Waals surface area (Å²) in [6, 6.07) is 13.7. The minimum atomic E-state index is -2.13. The zero-order chi connectivity index (χ0) is 23.2. The smallest absolute Gasteiger partial charge is 0.229 e. The molecule has 1 atom stereocenters. The van der Waals surface area contributed by atoms with E-state index in [2.05, 4.69) is 6.07 Å². The van der Waals surface area contributed by atoms with E-state index in [0.717, 1.165) is 47.0 Å². The summed E-state index contributed by atoms with van der Waals surface area (Å²) in [5.74, 6) is 0.689. The molecule has 0 unspecified atom stereocenters. The largest absolute Gasteiger partial charge is 0.497 e. The predicted molar refractivity (Wildman–Crippen MR) is 134 cm³/mol. The van der Waals surface area contributed by atoms with Crippen molar-refractivity contribution >= 4 is 33.3 Å². The molecule has 31 heavy (non-hydrogen) atoms. The van der Waals surface area contributed by atoms with Crippen LogP contribution in [0.15, 0.2) is 36.4 Å². The van der Waals surface area contributed by atoms with Gasteiger partial charge in [-0.2, -0.15) is 0 Å². The Morgan fingerprint density at radius 2 is 1.45 bits per heavy atom. The van der Waals surface area contributed by atoms with E-state index in [4.69, 9.17) is 4.74 Å². The highest BCUT2D eigenvalue weighted by Crippen LogP contribution is 2.26. The molecule has 0 saturated carbocycles. The molecule has 0 aliphatic rings. The number of nitrogens with zero attached hydrogens (tertiary/aromatic N) is 1. The standard InChI is InChI=1S/C24H39NO4Si2/c1-19(20-9-10-22-18-23(29-2)12-11-21(22)17-20)24(26)25(13-7-15-30(3,4)27)14-8-16-31(5,6)28/h9-12,17-19,27-28H,7-8,13-16H2,1-6H3/t19-/m0/s1. The van der Waals surface area contributed by atoms with E-state index in [9.17, 15) is 14.4 Å². The highest BCUT2D eigenvalue weighted by Gasteiger charge is 2.25. The molecule has 172 valence electrons. The molecular formula is C24H39NO4Si2. The van der Waals surface area contributed by atoms with Crippen LogP contribution >= 0.6 is 0 Å². The van der Waals surface area contributed by atoms with Gasteiger partial charge in [-0.05, 0) is 86.5 Å². The van der Waals surface area contributed by atoms with Gasteiger partial charge in [0.05, 0.1) is 13.0 Å². The average molecular weight is 462 g/mol. The van der Waals surface area contributed by atoms with Gasteiger partial charge in [0.1, 0.15) is 5.75 Å². The number of ether oxygens (including phenoxy) is 1. The molecule has 0 aliphatic carbocycles. The average Bonchev–Trinajstić information content (AvgIpc) is 2.69. The summed E-state index contributed by atoms with van der Waals surface area (Å²) in [6.45, 7) is 11.0. The molecule has 2 N–H and O–H groups in total. The number of benzene rings is 2. The Hall–Kier alpha value is -1.68. The summed E-state index contributed by atoms with van der Waals surface area (Å²) in [7, 11) is -2.60. The van der Waals surface area contributed by atoms with Crippen LogP contribution in [0.2, 0.25) is 38.3 Å². The molecule has 0 aliphatic heterocycles. The van der Waals surface area contributed by atoms with Crippen LogP contribution in [-0.4, -0.2) is 57.2 Å². The van der Waals surface area contributed by atoms with Gasteiger partial charge in [0.25, 0.3) is 0 Å². The Kier molecular flexibility index (Phi) is 8.88. The van der Waals surface area contributed by atoms with Crippen molar-refractivity contribution in [2.75, 3.05) is 20.2 Å². The molecule has 0 saturated heterocycles. The maximum Gasteiger partial charge on any atom is 0.229 e. The fraction of sp³-hybridized carbons (Fsp3) is 0.542. The summed E-state index contributed by atoms with van der Waals surface area (Å²) in [4.78, 5) is 35.7. The van der Waals surface area contributed by atoms with Crippen LogP contribution in [0.3, 0.4) is 0 Å². The zero-order valence-corrected chi connectivity index (χ0v) is 21.9. The Bertz CT molecular complexity index is 854. The number of rotatable bonds is 11. The third-order valence-electron chi connectivity index (χ3n) is 5.69. The van der Waals surface area contributed by atoms with Crippen molar-refractivity contribution in [1.82, 2.24) is 4.90 Å². The van der Waals surface area contributed by atoms with Gasteiger partial charge in [0.2, 0.25) is 5.91 Å². The second-order valence-electron chi connectivity index (χ2n) is 9.85. The maximum atomic E-state index is 13.4. The number of carbonyl (C=O) groups excluding carboxylic acids is 1. The first-order chi connectivity index (χ1) is 14.4. The van der Waals surface area contributed by atoms with Crippen LogP contribution in [-0.2, 0) is 4.79 Å². The van der Waals surface area contributed by atoms with Crippen LogP contribution in [0.1, 0.15) is 31.2 Å². The second kappa shape index (κ2) is 10.8. The summed E-state index contributed by atoms with van der Waals surface area (Å²) >= 11 is 0. The van der Waals surface area contributed by atoms with Gasteiger partial charge in [-0.15, -0.1) is 0 Å². The number of hydrogen-bond donors (Lipinski definition) is 2. The van der Waals surface area contributed by atoms with Gasteiger partial charge >= 0.3 is 0 Å². The van der Waals surface area contributed by atoms with Gasteiger partial charge < -0.3 is 19.2 Å². The topological polar surface area (TPSA) is 70.0 Å². The first-order valence-corrected chi connectivity index (χ1v) is 17.5. The van der Waals surface area contributed by atoms with Crippen LogP contribution in [0.5, 0.6) is 5.75 Å². The van der Waals surface area contributed by atoms with Crippen molar-refractivity contribution in [2.45, 2.75) is 64.0 Å². The maximum absolute atomic E-state index is 13.4. The Morgan fingerprint density at radius 1 is 0.935 bits per heavy atom. The Labute approximate surface area is 189 Å². The van der Waals surface area contributed by atoms with Crippen LogP contribution < -0.4 is 4.74 Å². The summed E-state index contributed by atoms with van der Waals surface area (Å²) in [6.07, 6.45) is 1.62. The lowest BCUT2D eigenvalue weighted by molar-refractivity contribution is -0.132. The van der Waals surface area contributed by atoms with E-state index in [1.165, 1.54) is 0 Å². The molecule has 2 aromatic rings. The molecule has 1 amide bonds. The van der Waals surface area contributed by atoms with Gasteiger partial charge in [-0.3, -0.25) is 4.79 Å². The molecule has 0 spiro atoms. The molecule has 0 heterocycles. The van der Waals surface area contributed by atoms with Gasteiger partial charge in [0.15, 0.2) is 16.6 Å². The van der Waals surface area contributed by atoms with E-state index in [0.29, 0.717) is 13.1 Å². The molecule has 0 radical (unpaired) electrons. The highest BCUT2D eigenvalue weighted by molar-refractivity contribution is 6.70. The Morgan fingerprint density at radius 3 is 1.97 bits per heavy atom. The number of methoxy groups -OCH3 is 1. The number of amides is 1. The molecule has 7 heteroatoms. The quantitative estimate of drug-likeness (QED) is 0.464. The first kappa shape index (κ1) is 25.6. The first-order valence-electron chi connectivity index (χ1n) is 11.2. The minimum Gasteiger partial charge on any atom is -0.497 e. The van der Waals surface area contributed by atoms with E-state index in [1.54, 1.807) is 7.11 Å². The predicted octanol–water partition coefficient (Wildman–Crippen LogP) is 4.96. The lowest BCUT2D eigenvalue weighted by Crippen LogP contribution is -2.38. The molecule has 0 bridgehead atoms. The third kappa shape index (κ3) is 8.40. The summed E-state index contributed by atoms with van der Waals surface area (Å²) < 4.78 is 5.30. The van der Waals surface area contributed by atoms with Crippen LogP contribution in [0.4, 0.5) is 0 Å². The number of carbonyl (C=O) groups is 1. The molecule has 0 fully saturated rings. The van der Waals surface area contributed by atoms with Crippen molar-refractivity contribution in [3.63, 3.8) is 0 Å².